The third-order valence-corrected chi connectivity index (χ3v) is 5.31. The summed E-state index contributed by atoms with van der Waals surface area (Å²) in [6.07, 6.45) is 5.71. The number of hydrogen-bond acceptors (Lipinski definition) is 3. The molecule has 2 fully saturated rings. The molecule has 2 amide bonds. The SMILES string of the molecule is O=C(CCC1CCNC1)Nc1cc(Cl)ccc1C(=O)N1CCCCC1. The maximum absolute atomic E-state index is 12.8. The molecule has 2 N–H and O–H groups in total. The number of halogens is 1. The van der Waals surface area contributed by atoms with Crippen molar-refractivity contribution in [3.63, 3.8) is 0 Å². The second-order valence-electron chi connectivity index (χ2n) is 6.99. The first-order valence-electron chi connectivity index (χ1n) is 9.23. The summed E-state index contributed by atoms with van der Waals surface area (Å²) in [6, 6.07) is 5.10. The second kappa shape index (κ2) is 8.68. The Balaban J connectivity index is 1.65. The molecule has 2 aliphatic rings. The average molecular weight is 364 g/mol. The van der Waals surface area contributed by atoms with E-state index in [1.54, 1.807) is 18.2 Å². The molecule has 136 valence electrons. The van der Waals surface area contributed by atoms with Crippen molar-refractivity contribution < 1.29 is 9.59 Å². The van der Waals surface area contributed by atoms with Gasteiger partial charge in [0.15, 0.2) is 0 Å². The molecule has 1 aromatic carbocycles. The minimum atomic E-state index is -0.0538. The van der Waals surface area contributed by atoms with Crippen molar-refractivity contribution in [1.82, 2.24) is 10.2 Å². The average Bonchev–Trinajstić information content (AvgIpc) is 3.14. The van der Waals surface area contributed by atoms with Crippen molar-refractivity contribution in [2.24, 2.45) is 5.92 Å². The first-order chi connectivity index (χ1) is 12.1. The molecule has 25 heavy (non-hydrogen) atoms. The molecule has 6 heteroatoms. The van der Waals surface area contributed by atoms with Gasteiger partial charge < -0.3 is 15.5 Å². The van der Waals surface area contributed by atoms with Crippen LogP contribution in [-0.2, 0) is 4.79 Å². The summed E-state index contributed by atoms with van der Waals surface area (Å²) in [5.41, 5.74) is 1.06. The molecule has 1 atom stereocenters. The van der Waals surface area contributed by atoms with Gasteiger partial charge in [0.2, 0.25) is 5.91 Å². The molecule has 2 aliphatic heterocycles. The second-order valence-corrected chi connectivity index (χ2v) is 7.42. The largest absolute Gasteiger partial charge is 0.339 e. The number of benzene rings is 1. The molecule has 0 aliphatic carbocycles. The highest BCUT2D eigenvalue weighted by molar-refractivity contribution is 6.31. The summed E-state index contributed by atoms with van der Waals surface area (Å²) >= 11 is 6.09. The van der Waals surface area contributed by atoms with Crippen molar-refractivity contribution in [3.05, 3.63) is 28.8 Å². The Kier molecular flexibility index (Phi) is 6.32. The van der Waals surface area contributed by atoms with Gasteiger partial charge in [-0.05, 0) is 69.3 Å². The minimum Gasteiger partial charge on any atom is -0.339 e. The van der Waals surface area contributed by atoms with Crippen LogP contribution in [-0.4, -0.2) is 42.9 Å². The van der Waals surface area contributed by atoms with Gasteiger partial charge in [-0.15, -0.1) is 0 Å². The number of anilines is 1. The van der Waals surface area contributed by atoms with E-state index in [-0.39, 0.29) is 11.8 Å². The predicted octanol–water partition coefficient (Wildman–Crippen LogP) is 3.29. The normalized spacial score (nSPS) is 20.5. The highest BCUT2D eigenvalue weighted by Crippen LogP contribution is 2.25. The van der Waals surface area contributed by atoms with E-state index in [1.165, 1.54) is 6.42 Å². The number of amides is 2. The van der Waals surface area contributed by atoms with E-state index in [0.717, 1.165) is 51.9 Å². The highest BCUT2D eigenvalue weighted by atomic mass is 35.5. The lowest BCUT2D eigenvalue weighted by Crippen LogP contribution is -2.36. The number of carbonyl (C=O) groups excluding carboxylic acids is 2. The quantitative estimate of drug-likeness (QED) is 0.843. The number of piperidine rings is 1. The third-order valence-electron chi connectivity index (χ3n) is 5.07. The van der Waals surface area contributed by atoms with E-state index in [1.807, 2.05) is 4.90 Å². The van der Waals surface area contributed by atoms with Gasteiger partial charge in [0.1, 0.15) is 0 Å². The van der Waals surface area contributed by atoms with Crippen molar-refractivity contribution in [3.8, 4) is 0 Å². The summed E-state index contributed by atoms with van der Waals surface area (Å²) < 4.78 is 0. The van der Waals surface area contributed by atoms with E-state index in [9.17, 15) is 9.59 Å². The summed E-state index contributed by atoms with van der Waals surface area (Å²) in [6.45, 7) is 3.59. The van der Waals surface area contributed by atoms with Gasteiger partial charge >= 0.3 is 0 Å². The monoisotopic (exact) mass is 363 g/mol. The maximum Gasteiger partial charge on any atom is 0.255 e. The molecule has 0 radical (unpaired) electrons. The zero-order valence-corrected chi connectivity index (χ0v) is 15.3. The molecule has 0 aromatic heterocycles. The summed E-state index contributed by atoms with van der Waals surface area (Å²) in [7, 11) is 0. The molecule has 1 aromatic rings. The van der Waals surface area contributed by atoms with Crippen molar-refractivity contribution >= 4 is 29.1 Å². The van der Waals surface area contributed by atoms with Crippen LogP contribution in [0.5, 0.6) is 0 Å². The predicted molar refractivity (Wildman–Crippen MR) is 100 cm³/mol. The summed E-state index contributed by atoms with van der Waals surface area (Å²) in [4.78, 5) is 27.0. The number of nitrogens with zero attached hydrogens (tertiary/aromatic N) is 1. The van der Waals surface area contributed by atoms with Gasteiger partial charge in [0.25, 0.3) is 5.91 Å². The van der Waals surface area contributed by atoms with Gasteiger partial charge in [-0.1, -0.05) is 11.6 Å². The van der Waals surface area contributed by atoms with Gasteiger partial charge in [-0.25, -0.2) is 0 Å². The zero-order valence-electron chi connectivity index (χ0n) is 14.5. The molecule has 0 spiro atoms. The topological polar surface area (TPSA) is 61.4 Å². The molecule has 0 bridgehead atoms. The Hall–Kier alpha value is -1.59. The van der Waals surface area contributed by atoms with Crippen LogP contribution in [0.1, 0.15) is 48.9 Å². The first kappa shape index (κ1) is 18.2. The van der Waals surface area contributed by atoms with Gasteiger partial charge in [-0.2, -0.15) is 0 Å². The van der Waals surface area contributed by atoms with Gasteiger partial charge in [-0.3, -0.25) is 9.59 Å². The third kappa shape index (κ3) is 4.95. The van der Waals surface area contributed by atoms with Crippen LogP contribution in [0.2, 0.25) is 5.02 Å². The van der Waals surface area contributed by atoms with E-state index in [4.69, 9.17) is 11.6 Å². The Morgan fingerprint density at radius 2 is 2.04 bits per heavy atom. The molecule has 0 saturated carbocycles. The van der Waals surface area contributed by atoms with Crippen molar-refractivity contribution in [2.75, 3.05) is 31.5 Å². The van der Waals surface area contributed by atoms with Crippen LogP contribution >= 0.6 is 11.6 Å². The standard InChI is InChI=1S/C19H26ClN3O2/c20-15-5-6-16(19(25)23-10-2-1-3-11-23)17(12-15)22-18(24)7-4-14-8-9-21-13-14/h5-6,12,14,21H,1-4,7-11,13H2,(H,22,24). The molecule has 5 nitrogen and oxygen atoms in total. The fraction of sp³-hybridized carbons (Fsp3) is 0.579. The van der Waals surface area contributed by atoms with E-state index in [0.29, 0.717) is 28.6 Å². The van der Waals surface area contributed by atoms with Crippen LogP contribution in [0.25, 0.3) is 0 Å². The van der Waals surface area contributed by atoms with E-state index >= 15 is 0 Å². The van der Waals surface area contributed by atoms with Gasteiger partial charge in [0, 0.05) is 24.5 Å². The molecular formula is C19H26ClN3O2. The van der Waals surface area contributed by atoms with Crippen LogP contribution in [0.3, 0.4) is 0 Å². The molecule has 2 saturated heterocycles. The van der Waals surface area contributed by atoms with Crippen LogP contribution in [0, 0.1) is 5.92 Å². The summed E-state index contributed by atoms with van der Waals surface area (Å²) in [5.74, 6) is 0.494. The lowest BCUT2D eigenvalue weighted by Gasteiger charge is -2.27. The van der Waals surface area contributed by atoms with Crippen LogP contribution in [0.15, 0.2) is 18.2 Å². The fourth-order valence-corrected chi connectivity index (χ4v) is 3.75. The first-order valence-corrected chi connectivity index (χ1v) is 9.60. The number of nitrogens with one attached hydrogen (secondary N) is 2. The Morgan fingerprint density at radius 1 is 1.24 bits per heavy atom. The lowest BCUT2D eigenvalue weighted by atomic mass is 10.0. The van der Waals surface area contributed by atoms with Crippen molar-refractivity contribution in [1.29, 1.82) is 0 Å². The number of likely N-dealkylation sites (tertiary alicyclic amines) is 1. The van der Waals surface area contributed by atoms with Crippen LogP contribution in [0.4, 0.5) is 5.69 Å². The molecule has 1 unspecified atom stereocenters. The highest BCUT2D eigenvalue weighted by Gasteiger charge is 2.22. The van der Waals surface area contributed by atoms with Crippen molar-refractivity contribution in [2.45, 2.75) is 38.5 Å². The number of rotatable bonds is 5. The number of carbonyl (C=O) groups is 2. The fourth-order valence-electron chi connectivity index (χ4n) is 3.58. The lowest BCUT2D eigenvalue weighted by molar-refractivity contribution is -0.116. The molecule has 3 rings (SSSR count). The minimum absolute atomic E-state index is 0.0216. The number of hydrogen-bond donors (Lipinski definition) is 2. The van der Waals surface area contributed by atoms with Gasteiger partial charge in [0.05, 0.1) is 11.3 Å². The Bertz CT molecular complexity index is 623. The van der Waals surface area contributed by atoms with Crippen LogP contribution < -0.4 is 10.6 Å². The zero-order chi connectivity index (χ0) is 17.6. The van der Waals surface area contributed by atoms with E-state index < -0.39 is 0 Å². The molecule has 2 heterocycles. The summed E-state index contributed by atoms with van der Waals surface area (Å²) in [5, 5.41) is 6.74. The maximum atomic E-state index is 12.8. The smallest absolute Gasteiger partial charge is 0.255 e. The Morgan fingerprint density at radius 3 is 2.76 bits per heavy atom. The molecular weight excluding hydrogens is 338 g/mol. The Labute approximate surface area is 154 Å². The van der Waals surface area contributed by atoms with E-state index in [2.05, 4.69) is 10.6 Å².